The van der Waals surface area contributed by atoms with Crippen molar-refractivity contribution in [2.24, 2.45) is 0 Å². The number of nitrogens with one attached hydrogen (secondary N) is 1. The minimum Gasteiger partial charge on any atom is -0.465 e. The Morgan fingerprint density at radius 2 is 1.89 bits per heavy atom. The second-order valence-electron chi connectivity index (χ2n) is 5.57. The fourth-order valence-electron chi connectivity index (χ4n) is 2.36. The van der Waals surface area contributed by atoms with Gasteiger partial charge in [0, 0.05) is 10.7 Å². The highest BCUT2D eigenvalue weighted by molar-refractivity contribution is 8.26. The van der Waals surface area contributed by atoms with Gasteiger partial charge in [-0.25, -0.2) is 4.79 Å². The Bertz CT molecular complexity index is 912. The molecule has 27 heavy (non-hydrogen) atoms. The molecule has 0 radical (unpaired) electrons. The van der Waals surface area contributed by atoms with Crippen LogP contribution in [0.1, 0.15) is 15.9 Å². The van der Waals surface area contributed by atoms with Crippen molar-refractivity contribution in [2.75, 3.05) is 19.1 Å². The summed E-state index contributed by atoms with van der Waals surface area (Å²) in [7, 11) is 1.33. The number of carbonyl (C=O) groups excluding carboxylic acids is 2. The van der Waals surface area contributed by atoms with Crippen LogP contribution in [-0.4, -0.2) is 34.9 Å². The molecule has 138 valence electrons. The minimum absolute atomic E-state index is 0.163. The molecule has 1 amide bonds. The largest absolute Gasteiger partial charge is 0.465 e. The third kappa shape index (κ3) is 4.68. The molecule has 1 saturated heterocycles. The first-order valence-electron chi connectivity index (χ1n) is 7.91. The number of halogens is 1. The van der Waals surface area contributed by atoms with Crippen LogP contribution in [0.2, 0.25) is 5.02 Å². The number of amides is 1. The summed E-state index contributed by atoms with van der Waals surface area (Å²) in [5, 5.41) is 3.80. The van der Waals surface area contributed by atoms with Gasteiger partial charge in [0.05, 0.1) is 24.2 Å². The lowest BCUT2D eigenvalue weighted by Crippen LogP contribution is -2.33. The summed E-state index contributed by atoms with van der Waals surface area (Å²) < 4.78 is 5.16. The molecule has 0 bridgehead atoms. The highest BCUT2D eigenvalue weighted by atomic mass is 35.5. The van der Waals surface area contributed by atoms with Gasteiger partial charge in [-0.15, -0.1) is 0 Å². The van der Waals surface area contributed by atoms with Gasteiger partial charge in [-0.05, 0) is 48.0 Å². The van der Waals surface area contributed by atoms with E-state index in [2.05, 4.69) is 10.1 Å². The van der Waals surface area contributed by atoms with E-state index in [0.29, 0.717) is 19.8 Å². The third-order valence-electron chi connectivity index (χ3n) is 3.79. The van der Waals surface area contributed by atoms with Crippen LogP contribution < -0.4 is 5.32 Å². The average molecular weight is 419 g/mol. The topological polar surface area (TPSA) is 58.6 Å². The first-order valence-corrected chi connectivity index (χ1v) is 9.51. The van der Waals surface area contributed by atoms with Gasteiger partial charge in [-0.2, -0.15) is 0 Å². The lowest BCUT2D eigenvalue weighted by atomic mass is 10.1. The highest BCUT2D eigenvalue weighted by Crippen LogP contribution is 2.32. The van der Waals surface area contributed by atoms with Crippen molar-refractivity contribution in [3.63, 3.8) is 0 Å². The second kappa shape index (κ2) is 8.56. The summed E-state index contributed by atoms with van der Waals surface area (Å²) in [5.41, 5.74) is 2.10. The molecule has 5 nitrogen and oxygen atoms in total. The fourth-order valence-corrected chi connectivity index (χ4v) is 3.74. The number of esters is 1. The van der Waals surface area contributed by atoms with E-state index in [-0.39, 0.29) is 12.6 Å². The lowest BCUT2D eigenvalue weighted by Gasteiger charge is -2.16. The number of carbonyl (C=O) groups is 2. The standard InChI is InChI=1S/C19H15ClN2O3S2/c1-25-18(24)13-4-2-12(3-5-13)10-16-17(23)22(19(26)27-16)11-21-15-8-6-14(20)7-9-15/h2-10,21H,11H2,1H3/b16-10-. The minimum atomic E-state index is -0.402. The summed E-state index contributed by atoms with van der Waals surface area (Å²) in [6, 6.07) is 14.0. The molecule has 1 aliphatic rings. The van der Waals surface area contributed by atoms with Crippen molar-refractivity contribution in [3.05, 3.63) is 69.6 Å². The number of rotatable bonds is 5. The van der Waals surface area contributed by atoms with Gasteiger partial charge in [0.2, 0.25) is 0 Å². The summed E-state index contributed by atoms with van der Waals surface area (Å²) in [4.78, 5) is 26.1. The number of thioether (sulfide) groups is 1. The number of benzene rings is 2. The van der Waals surface area contributed by atoms with E-state index in [0.717, 1.165) is 11.3 Å². The molecule has 0 aliphatic carbocycles. The molecule has 0 unspecified atom stereocenters. The maximum absolute atomic E-state index is 12.6. The first-order chi connectivity index (χ1) is 13.0. The molecule has 0 aromatic heterocycles. The van der Waals surface area contributed by atoms with E-state index in [1.165, 1.54) is 23.8 Å². The van der Waals surface area contributed by atoms with Crippen molar-refractivity contribution in [2.45, 2.75) is 0 Å². The van der Waals surface area contributed by atoms with Crippen LogP contribution in [0.25, 0.3) is 6.08 Å². The molecule has 0 saturated carbocycles. The SMILES string of the molecule is COC(=O)c1ccc(/C=C2\SC(=S)N(CNc3ccc(Cl)cc3)C2=O)cc1. The van der Waals surface area contributed by atoms with E-state index in [1.54, 1.807) is 42.5 Å². The van der Waals surface area contributed by atoms with E-state index in [4.69, 9.17) is 23.8 Å². The van der Waals surface area contributed by atoms with Gasteiger partial charge in [-0.3, -0.25) is 9.69 Å². The monoisotopic (exact) mass is 418 g/mol. The van der Waals surface area contributed by atoms with Crippen LogP contribution in [0.15, 0.2) is 53.4 Å². The van der Waals surface area contributed by atoms with Gasteiger partial charge in [-0.1, -0.05) is 47.7 Å². The van der Waals surface area contributed by atoms with Gasteiger partial charge in [0.1, 0.15) is 4.32 Å². The Kier molecular flexibility index (Phi) is 6.15. The molecule has 1 aliphatic heterocycles. The third-order valence-corrected chi connectivity index (χ3v) is 5.42. The lowest BCUT2D eigenvalue weighted by molar-refractivity contribution is -0.121. The number of thiocarbonyl (C=S) groups is 1. The first kappa shape index (κ1) is 19.4. The van der Waals surface area contributed by atoms with Gasteiger partial charge < -0.3 is 10.1 Å². The predicted octanol–water partition coefficient (Wildman–Crippen LogP) is 4.40. The summed E-state index contributed by atoms with van der Waals surface area (Å²) in [6.45, 7) is 0.269. The highest BCUT2D eigenvalue weighted by Gasteiger charge is 2.31. The second-order valence-corrected chi connectivity index (χ2v) is 7.68. The van der Waals surface area contributed by atoms with E-state index < -0.39 is 5.97 Å². The molecular weight excluding hydrogens is 404 g/mol. The van der Waals surface area contributed by atoms with E-state index >= 15 is 0 Å². The van der Waals surface area contributed by atoms with Crippen molar-refractivity contribution in [1.82, 2.24) is 4.90 Å². The van der Waals surface area contributed by atoms with Crippen LogP contribution >= 0.6 is 35.6 Å². The number of hydrogen-bond acceptors (Lipinski definition) is 6. The average Bonchev–Trinajstić information content (AvgIpc) is 2.94. The Hall–Kier alpha value is -2.35. The summed E-state index contributed by atoms with van der Waals surface area (Å²) >= 11 is 12.4. The molecule has 0 spiro atoms. The smallest absolute Gasteiger partial charge is 0.337 e. The number of nitrogens with zero attached hydrogens (tertiary/aromatic N) is 1. The number of hydrogen-bond donors (Lipinski definition) is 1. The Morgan fingerprint density at radius 1 is 1.22 bits per heavy atom. The molecule has 1 fully saturated rings. The van der Waals surface area contributed by atoms with Crippen LogP contribution in [0.5, 0.6) is 0 Å². The molecular formula is C19H15ClN2O3S2. The van der Waals surface area contributed by atoms with Crippen LogP contribution in [0, 0.1) is 0 Å². The fraction of sp³-hybridized carbons (Fsp3) is 0.105. The number of ether oxygens (including phenoxy) is 1. The van der Waals surface area contributed by atoms with Crippen molar-refractivity contribution in [3.8, 4) is 0 Å². The Morgan fingerprint density at radius 3 is 2.52 bits per heavy atom. The zero-order valence-corrected chi connectivity index (χ0v) is 16.7. The molecule has 8 heteroatoms. The van der Waals surface area contributed by atoms with Gasteiger partial charge in [0.15, 0.2) is 0 Å². The predicted molar refractivity (Wildman–Crippen MR) is 113 cm³/mol. The van der Waals surface area contributed by atoms with Crippen molar-refractivity contribution in [1.29, 1.82) is 0 Å². The van der Waals surface area contributed by atoms with Crippen molar-refractivity contribution < 1.29 is 14.3 Å². The zero-order valence-electron chi connectivity index (χ0n) is 14.3. The van der Waals surface area contributed by atoms with Crippen LogP contribution in [0.4, 0.5) is 5.69 Å². The molecule has 3 rings (SSSR count). The Balaban J connectivity index is 1.68. The van der Waals surface area contributed by atoms with Gasteiger partial charge in [0.25, 0.3) is 5.91 Å². The maximum atomic E-state index is 12.6. The quantitative estimate of drug-likeness (QED) is 0.441. The normalized spacial score (nSPS) is 15.3. The zero-order chi connectivity index (χ0) is 19.4. The van der Waals surface area contributed by atoms with E-state index in [1.807, 2.05) is 12.1 Å². The molecule has 2 aromatic carbocycles. The van der Waals surface area contributed by atoms with Crippen molar-refractivity contribution >= 4 is 63.5 Å². The molecule has 0 atom stereocenters. The number of anilines is 1. The molecule has 2 aromatic rings. The van der Waals surface area contributed by atoms with Gasteiger partial charge >= 0.3 is 5.97 Å². The van der Waals surface area contributed by atoms with E-state index in [9.17, 15) is 9.59 Å². The molecule has 1 heterocycles. The summed E-state index contributed by atoms with van der Waals surface area (Å²) in [6.07, 6.45) is 1.75. The summed E-state index contributed by atoms with van der Waals surface area (Å²) in [5.74, 6) is -0.565. The molecule has 1 N–H and O–H groups in total. The van der Waals surface area contributed by atoms with Crippen LogP contribution in [0.3, 0.4) is 0 Å². The Labute approximate surface area is 171 Å². The maximum Gasteiger partial charge on any atom is 0.337 e. The number of methoxy groups -OCH3 is 1. The van der Waals surface area contributed by atoms with Crippen LogP contribution in [-0.2, 0) is 9.53 Å².